The van der Waals surface area contributed by atoms with Crippen LogP contribution < -0.4 is 14.8 Å². The standard InChI is InChI=1S/C40H47F6N5O8S/c1-22-12-13-26-25(18-22)24-14-15-37(59-29(24)30(47-26)39(41,42)43)20-28-31(52)48-38(33(54)49-60(57,58)36(4)16-17-36)19-23(38)10-8-6-5-7-9-11-27(32(53)50(28)21-37)51(34(55)56)35(2,3)40(44,45)46/h8,10,12-13,18,23,27-28H,5-7,9,11,14-17,19-21H2,1-4H3,(H,48,52)(H,49,54)(H,55,56)/b10-8-/t23-,27+,28+,37-,38-/m1/s1. The molecule has 0 unspecified atom stereocenters. The van der Waals surface area contributed by atoms with Gasteiger partial charge in [-0.15, -0.1) is 0 Å². The molecule has 0 radical (unpaired) electrons. The number of hydrogen-bond acceptors (Lipinski definition) is 8. The number of allylic oxidation sites excluding steroid dienone is 1. The molecule has 5 atom stereocenters. The monoisotopic (exact) mass is 871 g/mol. The van der Waals surface area contributed by atoms with Gasteiger partial charge in [0.2, 0.25) is 21.8 Å². The van der Waals surface area contributed by atoms with E-state index in [0.717, 1.165) is 10.5 Å². The highest BCUT2D eigenvalue weighted by molar-refractivity contribution is 7.91. The summed E-state index contributed by atoms with van der Waals surface area (Å²) in [6.07, 6.45) is -8.10. The van der Waals surface area contributed by atoms with Crippen molar-refractivity contribution in [2.45, 2.75) is 144 Å². The highest BCUT2D eigenvalue weighted by atomic mass is 32.2. The van der Waals surface area contributed by atoms with Gasteiger partial charge in [0.1, 0.15) is 28.8 Å². The van der Waals surface area contributed by atoms with Crippen LogP contribution >= 0.6 is 0 Å². The number of nitrogens with one attached hydrogen (secondary N) is 2. The maximum Gasteiger partial charge on any atom is 0.437 e. The number of aromatic nitrogens is 1. The fourth-order valence-electron chi connectivity index (χ4n) is 8.82. The van der Waals surface area contributed by atoms with Crippen LogP contribution in [0.1, 0.15) is 102 Å². The van der Waals surface area contributed by atoms with E-state index in [1.54, 1.807) is 31.2 Å². The Morgan fingerprint density at radius 2 is 1.75 bits per heavy atom. The molecule has 3 N–H and O–H groups in total. The van der Waals surface area contributed by atoms with Crippen molar-refractivity contribution in [1.82, 2.24) is 24.8 Å². The zero-order valence-corrected chi connectivity index (χ0v) is 34.2. The summed E-state index contributed by atoms with van der Waals surface area (Å²) in [7, 11) is -4.20. The van der Waals surface area contributed by atoms with Crippen LogP contribution in [0.15, 0.2) is 30.4 Å². The van der Waals surface area contributed by atoms with Gasteiger partial charge < -0.3 is 20.1 Å². The van der Waals surface area contributed by atoms with Gasteiger partial charge in [-0.25, -0.2) is 18.2 Å². The first-order valence-corrected chi connectivity index (χ1v) is 21.4. The van der Waals surface area contributed by atoms with E-state index in [-0.39, 0.29) is 41.7 Å². The van der Waals surface area contributed by atoms with Crippen molar-refractivity contribution in [2.75, 3.05) is 6.54 Å². The van der Waals surface area contributed by atoms with Crippen molar-refractivity contribution in [3.05, 3.63) is 47.2 Å². The molecule has 60 heavy (non-hydrogen) atoms. The van der Waals surface area contributed by atoms with Crippen LogP contribution in [-0.2, 0) is 37.0 Å². The number of pyridine rings is 1. The average molecular weight is 872 g/mol. The number of rotatable bonds is 5. The number of ether oxygens (including phenoxy) is 1. The number of carbonyl (C=O) groups excluding carboxylic acids is 3. The molecule has 2 aromatic rings. The smallest absolute Gasteiger partial charge is 0.437 e. The summed E-state index contributed by atoms with van der Waals surface area (Å²) in [5.41, 5.74) is -7.14. The lowest BCUT2D eigenvalue weighted by Gasteiger charge is -2.43. The number of amides is 4. The van der Waals surface area contributed by atoms with Gasteiger partial charge >= 0.3 is 18.4 Å². The predicted octanol–water partition coefficient (Wildman–Crippen LogP) is 6.31. The molecular formula is C40H47F6N5O8S. The van der Waals surface area contributed by atoms with E-state index in [4.69, 9.17) is 4.74 Å². The molecule has 7 rings (SSSR count). The van der Waals surface area contributed by atoms with Crippen LogP contribution in [0.2, 0.25) is 0 Å². The Balaban J connectivity index is 1.33. The van der Waals surface area contributed by atoms with Crippen molar-refractivity contribution in [3.63, 3.8) is 0 Å². The molecule has 13 nitrogen and oxygen atoms in total. The molecule has 5 aliphatic rings. The fraction of sp³-hybridized carbons (Fsp3) is 0.625. The highest BCUT2D eigenvalue weighted by Gasteiger charge is 2.65. The van der Waals surface area contributed by atoms with Gasteiger partial charge in [0.05, 0.1) is 16.8 Å². The number of carboxylic acid groups (broad SMARTS) is 1. The summed E-state index contributed by atoms with van der Waals surface area (Å²) in [5, 5.41) is 13.4. The molecule has 1 aromatic heterocycles. The Morgan fingerprint density at radius 1 is 1.05 bits per heavy atom. The molecule has 1 saturated heterocycles. The summed E-state index contributed by atoms with van der Waals surface area (Å²) in [4.78, 5) is 61.0. The van der Waals surface area contributed by atoms with Gasteiger partial charge in [0.25, 0.3) is 5.91 Å². The molecule has 2 saturated carbocycles. The van der Waals surface area contributed by atoms with E-state index < -0.39 is 116 Å². The SMILES string of the molecule is Cc1ccc2nc(C(F)(F)F)c3c(c2c1)CC[C@]1(C[C@H]2C(=O)N[C@]4(C(=O)NS(=O)(=O)C5(C)CC5)C[C@H]4/C=C\CCCCC[C@H](N(C(=O)O)C(C)(C)C(F)(F)F)C(=O)N2C1)O3. The van der Waals surface area contributed by atoms with Gasteiger partial charge in [-0.2, -0.15) is 26.3 Å². The Hall–Kier alpha value is -4.62. The second-order valence-corrected chi connectivity index (χ2v) is 19.9. The van der Waals surface area contributed by atoms with Crippen molar-refractivity contribution < 1.29 is 63.8 Å². The molecular weight excluding hydrogens is 825 g/mol. The first-order valence-electron chi connectivity index (χ1n) is 19.9. The minimum absolute atomic E-state index is 0.0135. The first kappa shape index (κ1) is 43.5. The van der Waals surface area contributed by atoms with E-state index in [2.05, 4.69) is 15.0 Å². The van der Waals surface area contributed by atoms with Crippen molar-refractivity contribution >= 4 is 44.7 Å². The molecule has 4 amide bonds. The van der Waals surface area contributed by atoms with Gasteiger partial charge in [0.15, 0.2) is 11.4 Å². The molecule has 3 fully saturated rings. The number of sulfonamides is 1. The second kappa shape index (κ2) is 14.5. The molecule has 2 aliphatic carbocycles. The molecule has 1 aromatic carbocycles. The van der Waals surface area contributed by atoms with Crippen LogP contribution in [0.3, 0.4) is 0 Å². The van der Waals surface area contributed by atoms with Crippen LogP contribution in [0.4, 0.5) is 31.1 Å². The average Bonchev–Trinajstić information content (AvgIpc) is 4.03. The number of nitrogens with zero attached hydrogens (tertiary/aromatic N) is 3. The topological polar surface area (TPSA) is 175 Å². The van der Waals surface area contributed by atoms with Crippen LogP contribution in [0, 0.1) is 12.8 Å². The van der Waals surface area contributed by atoms with E-state index in [1.165, 1.54) is 13.0 Å². The maximum absolute atomic E-state index is 14.9. The zero-order chi connectivity index (χ0) is 44.0. The van der Waals surface area contributed by atoms with Gasteiger partial charge in [-0.05, 0) is 91.2 Å². The van der Waals surface area contributed by atoms with E-state index in [0.29, 0.717) is 51.3 Å². The molecule has 20 heteroatoms. The van der Waals surface area contributed by atoms with E-state index in [1.807, 2.05) is 0 Å². The summed E-state index contributed by atoms with van der Waals surface area (Å²) in [6.45, 7) is 3.78. The number of carbonyl (C=O) groups is 4. The van der Waals surface area contributed by atoms with Crippen molar-refractivity contribution in [1.29, 1.82) is 0 Å². The maximum atomic E-state index is 14.9. The van der Waals surface area contributed by atoms with Crippen molar-refractivity contribution in [3.8, 4) is 5.75 Å². The number of halogens is 6. The Labute approximate surface area is 342 Å². The highest BCUT2D eigenvalue weighted by Crippen LogP contribution is 2.51. The Kier molecular flexibility index (Phi) is 10.5. The molecule has 328 valence electrons. The van der Waals surface area contributed by atoms with Gasteiger partial charge in [0, 0.05) is 23.3 Å². The Morgan fingerprint density at radius 3 is 2.38 bits per heavy atom. The minimum Gasteiger partial charge on any atom is -0.483 e. The van der Waals surface area contributed by atoms with Crippen LogP contribution in [0.25, 0.3) is 10.9 Å². The molecule has 4 heterocycles. The first-order chi connectivity index (χ1) is 27.8. The lowest BCUT2D eigenvalue weighted by molar-refractivity contribution is -0.220. The Bertz CT molecular complexity index is 2280. The van der Waals surface area contributed by atoms with E-state index in [9.17, 15) is 59.0 Å². The third kappa shape index (κ3) is 7.54. The molecule has 0 bridgehead atoms. The van der Waals surface area contributed by atoms with Gasteiger partial charge in [-0.3, -0.25) is 24.0 Å². The zero-order valence-electron chi connectivity index (χ0n) is 33.4. The summed E-state index contributed by atoms with van der Waals surface area (Å²) < 4.78 is 122. The quantitative estimate of drug-likeness (QED) is 0.230. The molecule has 3 aliphatic heterocycles. The fourth-order valence-corrected chi connectivity index (χ4v) is 10.1. The molecule has 1 spiro atoms. The number of benzene rings is 1. The normalized spacial score (nSPS) is 28.9. The number of hydrogen-bond donors (Lipinski definition) is 3. The largest absolute Gasteiger partial charge is 0.483 e. The predicted molar refractivity (Wildman–Crippen MR) is 203 cm³/mol. The summed E-state index contributed by atoms with van der Waals surface area (Å²) in [5.74, 6) is -4.64. The lowest BCUT2D eigenvalue weighted by Crippen LogP contribution is -2.65. The third-order valence-electron chi connectivity index (χ3n) is 13.0. The number of aryl methyl sites for hydroxylation is 2. The van der Waals surface area contributed by atoms with Crippen molar-refractivity contribution in [2.24, 2.45) is 5.92 Å². The third-order valence-corrected chi connectivity index (χ3v) is 15.2. The van der Waals surface area contributed by atoms with Crippen LogP contribution in [-0.4, -0.2) is 98.4 Å². The minimum atomic E-state index is -5.17. The number of alkyl halides is 6. The summed E-state index contributed by atoms with van der Waals surface area (Å²) in [6, 6.07) is 0.968. The second-order valence-electron chi connectivity index (χ2n) is 17.7. The van der Waals surface area contributed by atoms with E-state index >= 15 is 0 Å². The number of fused-ring (bicyclic) bond motifs is 5. The summed E-state index contributed by atoms with van der Waals surface area (Å²) >= 11 is 0. The van der Waals surface area contributed by atoms with Gasteiger partial charge in [-0.1, -0.05) is 36.6 Å². The van der Waals surface area contributed by atoms with Crippen LogP contribution in [0.5, 0.6) is 5.75 Å². The lowest BCUT2D eigenvalue weighted by atomic mass is 9.86.